The van der Waals surface area contributed by atoms with Crippen molar-refractivity contribution in [3.05, 3.63) is 69.2 Å². The Labute approximate surface area is 136 Å². The summed E-state index contributed by atoms with van der Waals surface area (Å²) in [5.41, 5.74) is 5.29. The van der Waals surface area contributed by atoms with E-state index < -0.39 is 0 Å². The lowest BCUT2D eigenvalue weighted by Crippen LogP contribution is -2.18. The molecule has 112 valence electrons. The van der Waals surface area contributed by atoms with E-state index in [4.69, 9.17) is 0 Å². The Hall–Kier alpha value is -1.12. The molecular weight excluding hydrogens is 322 g/mol. The molecule has 0 aromatic heterocycles. The van der Waals surface area contributed by atoms with Gasteiger partial charge in [0.05, 0.1) is 6.04 Å². The SMILES string of the molecule is CNC(c1cccc(CC(C)C)c1)c1ccc(C)c(Br)c1. The number of aryl methyl sites for hydroxylation is 1. The summed E-state index contributed by atoms with van der Waals surface area (Å²) in [4.78, 5) is 0. The largest absolute Gasteiger partial charge is 0.309 e. The summed E-state index contributed by atoms with van der Waals surface area (Å²) in [5, 5.41) is 3.44. The second-order valence-corrected chi connectivity index (χ2v) is 6.93. The first-order chi connectivity index (χ1) is 10.0. The summed E-state index contributed by atoms with van der Waals surface area (Å²) in [5.74, 6) is 0.682. The summed E-state index contributed by atoms with van der Waals surface area (Å²) < 4.78 is 1.17. The minimum atomic E-state index is 0.231. The molecule has 0 spiro atoms. The van der Waals surface area contributed by atoms with Gasteiger partial charge in [0.25, 0.3) is 0 Å². The molecule has 0 amide bonds. The van der Waals surface area contributed by atoms with Crippen molar-refractivity contribution in [3.63, 3.8) is 0 Å². The van der Waals surface area contributed by atoms with Gasteiger partial charge in [-0.2, -0.15) is 0 Å². The van der Waals surface area contributed by atoms with E-state index in [1.165, 1.54) is 26.7 Å². The quantitative estimate of drug-likeness (QED) is 0.778. The molecule has 0 aliphatic carbocycles. The Kier molecular flexibility index (Phi) is 5.60. The Balaban J connectivity index is 2.34. The van der Waals surface area contributed by atoms with Crippen LogP contribution in [-0.4, -0.2) is 7.05 Å². The van der Waals surface area contributed by atoms with Crippen LogP contribution < -0.4 is 5.32 Å². The third kappa shape index (κ3) is 4.18. The minimum Gasteiger partial charge on any atom is -0.309 e. The van der Waals surface area contributed by atoms with Gasteiger partial charge in [-0.3, -0.25) is 0 Å². The Morgan fingerprint density at radius 2 is 1.76 bits per heavy atom. The van der Waals surface area contributed by atoms with Crippen LogP contribution in [0, 0.1) is 12.8 Å². The molecule has 1 N–H and O–H groups in total. The average Bonchev–Trinajstić information content (AvgIpc) is 2.43. The lowest BCUT2D eigenvalue weighted by Gasteiger charge is -2.19. The molecule has 0 saturated heterocycles. The highest BCUT2D eigenvalue weighted by Gasteiger charge is 2.13. The number of hydrogen-bond acceptors (Lipinski definition) is 1. The molecule has 1 nitrogen and oxygen atoms in total. The van der Waals surface area contributed by atoms with Crippen molar-refractivity contribution in [1.29, 1.82) is 0 Å². The van der Waals surface area contributed by atoms with Crippen molar-refractivity contribution in [3.8, 4) is 0 Å². The van der Waals surface area contributed by atoms with Crippen LogP contribution >= 0.6 is 15.9 Å². The first kappa shape index (κ1) is 16.3. The van der Waals surface area contributed by atoms with Gasteiger partial charge in [-0.05, 0) is 54.6 Å². The van der Waals surface area contributed by atoms with Crippen LogP contribution in [0.5, 0.6) is 0 Å². The minimum absolute atomic E-state index is 0.231. The highest BCUT2D eigenvalue weighted by atomic mass is 79.9. The number of benzene rings is 2. The van der Waals surface area contributed by atoms with Gasteiger partial charge < -0.3 is 5.32 Å². The maximum Gasteiger partial charge on any atom is 0.0574 e. The fraction of sp³-hybridized carbons (Fsp3) is 0.368. The van der Waals surface area contributed by atoms with Gasteiger partial charge in [0.1, 0.15) is 0 Å². The maximum absolute atomic E-state index is 3.64. The lowest BCUT2D eigenvalue weighted by molar-refractivity contribution is 0.643. The third-order valence-corrected chi connectivity index (χ3v) is 4.60. The van der Waals surface area contributed by atoms with Gasteiger partial charge in [0.2, 0.25) is 0 Å². The molecule has 0 saturated carbocycles. The average molecular weight is 346 g/mol. The topological polar surface area (TPSA) is 12.0 Å². The van der Waals surface area contributed by atoms with Crippen molar-refractivity contribution in [2.45, 2.75) is 33.2 Å². The summed E-state index contributed by atoms with van der Waals surface area (Å²) in [6.07, 6.45) is 1.13. The monoisotopic (exact) mass is 345 g/mol. The summed E-state index contributed by atoms with van der Waals surface area (Å²) in [6, 6.07) is 15.7. The summed E-state index contributed by atoms with van der Waals surface area (Å²) in [6.45, 7) is 6.64. The molecule has 0 aliphatic rings. The molecule has 0 heterocycles. The van der Waals surface area contributed by atoms with Gasteiger partial charge in [-0.1, -0.05) is 66.2 Å². The molecule has 0 aliphatic heterocycles. The Bertz CT molecular complexity index is 604. The van der Waals surface area contributed by atoms with Crippen LogP contribution in [0.4, 0.5) is 0 Å². The zero-order chi connectivity index (χ0) is 15.4. The van der Waals surface area contributed by atoms with Crippen molar-refractivity contribution < 1.29 is 0 Å². The predicted molar refractivity (Wildman–Crippen MR) is 94.8 cm³/mol. The van der Waals surface area contributed by atoms with E-state index in [9.17, 15) is 0 Å². The number of nitrogens with one attached hydrogen (secondary N) is 1. The van der Waals surface area contributed by atoms with Crippen molar-refractivity contribution in [1.82, 2.24) is 5.32 Å². The molecule has 1 atom stereocenters. The van der Waals surface area contributed by atoms with Crippen LogP contribution in [0.25, 0.3) is 0 Å². The molecule has 2 heteroatoms. The van der Waals surface area contributed by atoms with E-state index in [1.807, 2.05) is 7.05 Å². The van der Waals surface area contributed by atoms with Gasteiger partial charge >= 0.3 is 0 Å². The van der Waals surface area contributed by atoms with Crippen LogP contribution in [0.1, 0.15) is 42.1 Å². The number of hydrogen-bond donors (Lipinski definition) is 1. The molecule has 21 heavy (non-hydrogen) atoms. The Morgan fingerprint density at radius 3 is 2.38 bits per heavy atom. The van der Waals surface area contributed by atoms with E-state index in [0.29, 0.717) is 5.92 Å². The van der Waals surface area contributed by atoms with Gasteiger partial charge in [-0.15, -0.1) is 0 Å². The van der Waals surface area contributed by atoms with E-state index >= 15 is 0 Å². The van der Waals surface area contributed by atoms with Gasteiger partial charge in [0.15, 0.2) is 0 Å². The van der Waals surface area contributed by atoms with Crippen LogP contribution in [0.2, 0.25) is 0 Å². The Morgan fingerprint density at radius 1 is 1.05 bits per heavy atom. The van der Waals surface area contributed by atoms with Crippen molar-refractivity contribution >= 4 is 15.9 Å². The standard InChI is InChI=1S/C19H24BrN/c1-13(2)10-15-6-5-7-16(11-15)19(21-4)17-9-8-14(3)18(20)12-17/h5-9,11-13,19,21H,10H2,1-4H3. The third-order valence-electron chi connectivity index (χ3n) is 3.75. The fourth-order valence-electron chi connectivity index (χ4n) is 2.69. The van der Waals surface area contributed by atoms with E-state index in [1.54, 1.807) is 0 Å². The molecule has 2 aromatic carbocycles. The number of halogens is 1. The lowest BCUT2D eigenvalue weighted by atomic mass is 9.94. The second kappa shape index (κ2) is 7.24. The van der Waals surface area contributed by atoms with Crippen molar-refractivity contribution in [2.75, 3.05) is 7.05 Å². The number of rotatable bonds is 5. The molecule has 0 radical (unpaired) electrons. The fourth-order valence-corrected chi connectivity index (χ4v) is 3.08. The summed E-state index contributed by atoms with van der Waals surface area (Å²) >= 11 is 3.64. The summed E-state index contributed by atoms with van der Waals surface area (Å²) in [7, 11) is 2.02. The van der Waals surface area contributed by atoms with E-state index in [2.05, 4.69) is 84.5 Å². The van der Waals surface area contributed by atoms with Crippen molar-refractivity contribution in [2.24, 2.45) is 5.92 Å². The second-order valence-electron chi connectivity index (χ2n) is 6.07. The van der Waals surface area contributed by atoms with Crippen LogP contribution in [0.3, 0.4) is 0 Å². The highest BCUT2D eigenvalue weighted by molar-refractivity contribution is 9.10. The first-order valence-electron chi connectivity index (χ1n) is 7.53. The molecule has 2 aromatic rings. The molecule has 1 unspecified atom stereocenters. The van der Waals surface area contributed by atoms with Gasteiger partial charge in [0, 0.05) is 4.47 Å². The smallest absolute Gasteiger partial charge is 0.0574 e. The highest BCUT2D eigenvalue weighted by Crippen LogP contribution is 2.27. The van der Waals surface area contributed by atoms with Gasteiger partial charge in [-0.25, -0.2) is 0 Å². The normalized spacial score (nSPS) is 12.7. The van der Waals surface area contributed by atoms with E-state index in [-0.39, 0.29) is 6.04 Å². The zero-order valence-electron chi connectivity index (χ0n) is 13.3. The predicted octanol–water partition coefficient (Wildman–Crippen LogP) is 5.26. The molecule has 0 bridgehead atoms. The molecular formula is C19H24BrN. The van der Waals surface area contributed by atoms with Crippen LogP contribution in [-0.2, 0) is 6.42 Å². The maximum atomic E-state index is 3.64. The molecule has 2 rings (SSSR count). The first-order valence-corrected chi connectivity index (χ1v) is 8.32. The van der Waals surface area contributed by atoms with Crippen LogP contribution in [0.15, 0.2) is 46.9 Å². The van der Waals surface area contributed by atoms with E-state index in [0.717, 1.165) is 6.42 Å². The zero-order valence-corrected chi connectivity index (χ0v) is 14.9. The molecule has 0 fully saturated rings.